The predicted molar refractivity (Wildman–Crippen MR) is 96.8 cm³/mol. The fourth-order valence-corrected chi connectivity index (χ4v) is 2.61. The molecule has 0 saturated carbocycles. The van der Waals surface area contributed by atoms with Crippen molar-refractivity contribution in [2.75, 3.05) is 12.3 Å². The summed E-state index contributed by atoms with van der Waals surface area (Å²) in [6.45, 7) is 1.78. The highest BCUT2D eigenvalue weighted by atomic mass is 79.9. The van der Waals surface area contributed by atoms with Gasteiger partial charge >= 0.3 is 5.97 Å². The van der Waals surface area contributed by atoms with Gasteiger partial charge in [-0.1, -0.05) is 22.0 Å². The first kappa shape index (κ1) is 19.0. The van der Waals surface area contributed by atoms with Gasteiger partial charge in [-0.3, -0.25) is 0 Å². The summed E-state index contributed by atoms with van der Waals surface area (Å²) in [6, 6.07) is 7.87. The number of carboxylic acid groups (broad SMARTS) is 1. The second kappa shape index (κ2) is 8.13. The van der Waals surface area contributed by atoms with Crippen LogP contribution in [0.15, 0.2) is 40.9 Å². The average Bonchev–Trinajstić information content (AvgIpc) is 2.54. The zero-order valence-corrected chi connectivity index (χ0v) is 15.0. The van der Waals surface area contributed by atoms with Crippen molar-refractivity contribution in [3.8, 4) is 5.75 Å². The summed E-state index contributed by atoms with van der Waals surface area (Å²) in [7, 11) is 0. The normalized spacial score (nSPS) is 12.3. The highest BCUT2D eigenvalue weighted by Crippen LogP contribution is 2.28. The van der Waals surface area contributed by atoms with Gasteiger partial charge in [-0.15, -0.1) is 0 Å². The van der Waals surface area contributed by atoms with Crippen LogP contribution < -0.4 is 10.5 Å². The van der Waals surface area contributed by atoms with E-state index >= 15 is 0 Å². The van der Waals surface area contributed by atoms with Crippen LogP contribution in [0.1, 0.15) is 22.8 Å². The van der Waals surface area contributed by atoms with Gasteiger partial charge in [0.2, 0.25) is 0 Å². The first-order chi connectivity index (χ1) is 11.8. The summed E-state index contributed by atoms with van der Waals surface area (Å²) >= 11 is 3.35. The fraction of sp³-hybridized carbons (Fsp3) is 0.167. The standard InChI is InChI=1S/C18H17BrFNO4/c1-10-2-4-12(19)7-13(10)16(22)9-25-17-6-11(3-5-18(23)24)14(20)8-15(17)21/h2-8,16,22H,9,21H2,1H3,(H,23,24)/b5-3+. The molecule has 2 aromatic rings. The number of benzene rings is 2. The largest absolute Gasteiger partial charge is 0.488 e. The van der Waals surface area contributed by atoms with Gasteiger partial charge in [0.15, 0.2) is 0 Å². The third-order valence-corrected chi connectivity index (χ3v) is 4.02. The minimum atomic E-state index is -1.20. The molecular weight excluding hydrogens is 393 g/mol. The van der Waals surface area contributed by atoms with Crippen LogP contribution >= 0.6 is 15.9 Å². The van der Waals surface area contributed by atoms with Crippen LogP contribution in [0.3, 0.4) is 0 Å². The fourth-order valence-electron chi connectivity index (χ4n) is 2.23. The van der Waals surface area contributed by atoms with Crippen LogP contribution in [0.4, 0.5) is 10.1 Å². The molecule has 2 rings (SSSR count). The molecule has 0 aromatic heterocycles. The van der Waals surface area contributed by atoms with E-state index in [2.05, 4.69) is 15.9 Å². The number of nitrogen functional groups attached to an aromatic ring is 1. The van der Waals surface area contributed by atoms with Crippen molar-refractivity contribution < 1.29 is 24.1 Å². The molecule has 0 saturated heterocycles. The molecule has 0 aliphatic rings. The summed E-state index contributed by atoms with van der Waals surface area (Å²) < 4.78 is 20.1. The third-order valence-electron chi connectivity index (χ3n) is 3.53. The number of rotatable bonds is 6. The molecule has 0 amide bonds. The predicted octanol–water partition coefficient (Wildman–Crippen LogP) is 3.69. The zero-order chi connectivity index (χ0) is 18.6. The molecule has 2 aromatic carbocycles. The Morgan fingerprint density at radius 2 is 2.12 bits per heavy atom. The lowest BCUT2D eigenvalue weighted by molar-refractivity contribution is -0.131. The van der Waals surface area contributed by atoms with E-state index in [1.165, 1.54) is 6.07 Å². The van der Waals surface area contributed by atoms with E-state index in [0.29, 0.717) is 5.56 Å². The van der Waals surface area contributed by atoms with Gasteiger partial charge in [-0.05, 0) is 42.3 Å². The smallest absolute Gasteiger partial charge is 0.328 e. The van der Waals surface area contributed by atoms with Crippen molar-refractivity contribution >= 4 is 33.7 Å². The van der Waals surface area contributed by atoms with E-state index in [-0.39, 0.29) is 23.6 Å². The van der Waals surface area contributed by atoms with E-state index in [4.69, 9.17) is 15.6 Å². The number of halogens is 2. The number of aliphatic carboxylic acids is 1. The lowest BCUT2D eigenvalue weighted by atomic mass is 10.0. The van der Waals surface area contributed by atoms with Crippen molar-refractivity contribution in [3.63, 3.8) is 0 Å². The number of ether oxygens (including phenoxy) is 1. The van der Waals surface area contributed by atoms with Gasteiger partial charge in [0.05, 0.1) is 5.69 Å². The molecule has 0 aliphatic carbocycles. The summed E-state index contributed by atoms with van der Waals surface area (Å²) in [5, 5.41) is 19.0. The molecule has 5 nitrogen and oxygen atoms in total. The van der Waals surface area contributed by atoms with Gasteiger partial charge in [0.1, 0.15) is 24.3 Å². The molecule has 0 aliphatic heterocycles. The van der Waals surface area contributed by atoms with Crippen molar-refractivity contribution in [2.45, 2.75) is 13.0 Å². The average molecular weight is 410 g/mol. The van der Waals surface area contributed by atoms with Crippen molar-refractivity contribution in [1.82, 2.24) is 0 Å². The highest BCUT2D eigenvalue weighted by Gasteiger charge is 2.14. The van der Waals surface area contributed by atoms with Gasteiger partial charge in [-0.25, -0.2) is 9.18 Å². The topological polar surface area (TPSA) is 92.8 Å². The van der Waals surface area contributed by atoms with Crippen LogP contribution in [0.5, 0.6) is 5.75 Å². The Labute approximate surface area is 152 Å². The minimum absolute atomic E-state index is 0.0275. The van der Waals surface area contributed by atoms with Crippen LogP contribution in [-0.4, -0.2) is 22.8 Å². The second-order valence-corrected chi connectivity index (χ2v) is 6.33. The molecule has 7 heteroatoms. The quantitative estimate of drug-likeness (QED) is 0.499. The highest BCUT2D eigenvalue weighted by molar-refractivity contribution is 9.10. The zero-order valence-electron chi connectivity index (χ0n) is 13.4. The number of hydrogen-bond acceptors (Lipinski definition) is 4. The Morgan fingerprint density at radius 1 is 1.40 bits per heavy atom. The van der Waals surface area contributed by atoms with Crippen molar-refractivity contribution in [1.29, 1.82) is 0 Å². The second-order valence-electron chi connectivity index (χ2n) is 5.41. The van der Waals surface area contributed by atoms with E-state index in [0.717, 1.165) is 28.3 Å². The Bertz CT molecular complexity index is 823. The molecule has 0 bridgehead atoms. The summed E-state index contributed by atoms with van der Waals surface area (Å²) in [6.07, 6.45) is 1.02. The summed E-state index contributed by atoms with van der Waals surface area (Å²) in [4.78, 5) is 10.6. The lowest BCUT2D eigenvalue weighted by Crippen LogP contribution is -2.12. The van der Waals surface area contributed by atoms with Crippen LogP contribution in [-0.2, 0) is 4.79 Å². The minimum Gasteiger partial charge on any atom is -0.488 e. The van der Waals surface area contributed by atoms with E-state index < -0.39 is 17.9 Å². The Balaban J connectivity index is 2.18. The molecule has 1 atom stereocenters. The molecule has 132 valence electrons. The van der Waals surface area contributed by atoms with E-state index in [1.54, 1.807) is 6.07 Å². The number of nitrogens with two attached hydrogens (primary N) is 1. The van der Waals surface area contributed by atoms with E-state index in [9.17, 15) is 14.3 Å². The third kappa shape index (κ3) is 5.04. The van der Waals surface area contributed by atoms with Crippen molar-refractivity contribution in [3.05, 3.63) is 63.4 Å². The number of carbonyl (C=O) groups is 1. The molecule has 4 N–H and O–H groups in total. The Morgan fingerprint density at radius 3 is 2.80 bits per heavy atom. The van der Waals surface area contributed by atoms with Crippen LogP contribution in [0, 0.1) is 12.7 Å². The Kier molecular flexibility index (Phi) is 6.17. The number of aryl methyl sites for hydroxylation is 1. The van der Waals surface area contributed by atoms with Crippen LogP contribution in [0.2, 0.25) is 0 Å². The lowest BCUT2D eigenvalue weighted by Gasteiger charge is -2.16. The molecule has 0 radical (unpaired) electrons. The molecule has 0 spiro atoms. The molecule has 1 unspecified atom stereocenters. The number of anilines is 1. The molecule has 0 heterocycles. The van der Waals surface area contributed by atoms with Gasteiger partial charge in [0, 0.05) is 22.2 Å². The number of carboxylic acids is 1. The first-order valence-corrected chi connectivity index (χ1v) is 8.14. The summed E-state index contributed by atoms with van der Waals surface area (Å²) in [5.41, 5.74) is 7.41. The van der Waals surface area contributed by atoms with Crippen molar-refractivity contribution in [2.24, 2.45) is 0 Å². The molecule has 0 fully saturated rings. The summed E-state index contributed by atoms with van der Waals surface area (Å²) in [5.74, 6) is -1.69. The monoisotopic (exact) mass is 409 g/mol. The maximum absolute atomic E-state index is 13.8. The first-order valence-electron chi connectivity index (χ1n) is 7.35. The van der Waals surface area contributed by atoms with Gasteiger partial charge in [-0.2, -0.15) is 0 Å². The SMILES string of the molecule is Cc1ccc(Br)cc1C(O)COc1cc(/C=C/C(=O)O)c(F)cc1N. The number of aliphatic hydroxyl groups excluding tert-OH is 1. The Hall–Kier alpha value is -2.38. The van der Waals surface area contributed by atoms with Gasteiger partial charge < -0.3 is 20.7 Å². The maximum atomic E-state index is 13.8. The van der Waals surface area contributed by atoms with Crippen LogP contribution in [0.25, 0.3) is 6.08 Å². The van der Waals surface area contributed by atoms with Gasteiger partial charge in [0.25, 0.3) is 0 Å². The number of aliphatic hydroxyl groups is 1. The number of hydrogen-bond donors (Lipinski definition) is 3. The maximum Gasteiger partial charge on any atom is 0.328 e. The molecule has 25 heavy (non-hydrogen) atoms. The van der Waals surface area contributed by atoms with E-state index in [1.807, 2.05) is 19.1 Å². The molecular formula is C18H17BrFNO4.